The second-order valence-electron chi connectivity index (χ2n) is 7.70. The molecule has 10 heteroatoms. The molecule has 1 aliphatic heterocycles. The van der Waals surface area contributed by atoms with Crippen LogP contribution in [0.3, 0.4) is 0 Å². The van der Waals surface area contributed by atoms with E-state index in [0.29, 0.717) is 18.0 Å². The van der Waals surface area contributed by atoms with Crippen molar-refractivity contribution < 1.29 is 24.0 Å². The van der Waals surface area contributed by atoms with Crippen molar-refractivity contribution in [3.63, 3.8) is 0 Å². The highest BCUT2D eigenvalue weighted by atomic mass is 16.6. The topological polar surface area (TPSA) is 131 Å². The first-order valence-corrected chi connectivity index (χ1v) is 10.0. The minimum atomic E-state index is -0.606. The minimum absolute atomic E-state index is 0.0405. The maximum Gasteiger partial charge on any atom is 0.296 e. The van der Waals surface area contributed by atoms with Crippen LogP contribution in [0, 0.1) is 16.0 Å². The van der Waals surface area contributed by atoms with Gasteiger partial charge in [0, 0.05) is 30.3 Å². The SMILES string of the molecule is COc1ccc(NC(=O)c2ccc(NC(=O)C3CC(=O)N(C(C)C)C3)cc2)c([N+](=O)[O-])c1. The van der Waals surface area contributed by atoms with Crippen LogP contribution in [-0.4, -0.2) is 47.2 Å². The van der Waals surface area contributed by atoms with Crippen molar-refractivity contribution in [3.8, 4) is 5.75 Å². The second kappa shape index (κ2) is 9.46. The highest BCUT2D eigenvalue weighted by molar-refractivity contribution is 6.06. The number of benzene rings is 2. The van der Waals surface area contributed by atoms with Crippen molar-refractivity contribution >= 4 is 34.8 Å². The second-order valence-corrected chi connectivity index (χ2v) is 7.70. The lowest BCUT2D eigenvalue weighted by Gasteiger charge is -2.20. The van der Waals surface area contributed by atoms with Crippen LogP contribution < -0.4 is 15.4 Å². The van der Waals surface area contributed by atoms with Crippen LogP contribution in [0.4, 0.5) is 17.1 Å². The zero-order valence-electron chi connectivity index (χ0n) is 18.0. The Bertz CT molecular complexity index is 1050. The first kappa shape index (κ1) is 22.7. The Balaban J connectivity index is 1.65. The van der Waals surface area contributed by atoms with E-state index in [-0.39, 0.29) is 41.2 Å². The molecule has 0 saturated carbocycles. The van der Waals surface area contributed by atoms with Gasteiger partial charge in [0.1, 0.15) is 11.4 Å². The Morgan fingerprint density at radius 3 is 2.41 bits per heavy atom. The lowest BCUT2D eigenvalue weighted by atomic mass is 10.1. The molecule has 168 valence electrons. The van der Waals surface area contributed by atoms with Crippen molar-refractivity contribution in [2.75, 3.05) is 24.3 Å². The molecule has 0 aliphatic carbocycles. The highest BCUT2D eigenvalue weighted by Gasteiger charge is 2.35. The number of anilines is 2. The van der Waals surface area contributed by atoms with Gasteiger partial charge in [0.2, 0.25) is 11.8 Å². The molecular weight excluding hydrogens is 416 g/mol. The lowest BCUT2D eigenvalue weighted by molar-refractivity contribution is -0.384. The number of nitrogens with zero attached hydrogens (tertiary/aromatic N) is 2. The molecule has 1 saturated heterocycles. The number of likely N-dealkylation sites (tertiary alicyclic amines) is 1. The zero-order valence-corrected chi connectivity index (χ0v) is 18.0. The fourth-order valence-electron chi connectivity index (χ4n) is 3.45. The molecule has 1 unspecified atom stereocenters. The Labute approximate surface area is 184 Å². The van der Waals surface area contributed by atoms with E-state index in [0.717, 1.165) is 0 Å². The van der Waals surface area contributed by atoms with E-state index in [9.17, 15) is 24.5 Å². The summed E-state index contributed by atoms with van der Waals surface area (Å²) in [5.41, 5.74) is 0.495. The summed E-state index contributed by atoms with van der Waals surface area (Å²) in [6, 6.07) is 10.3. The summed E-state index contributed by atoms with van der Waals surface area (Å²) in [7, 11) is 1.39. The minimum Gasteiger partial charge on any atom is -0.496 e. The summed E-state index contributed by atoms with van der Waals surface area (Å²) < 4.78 is 4.98. The molecule has 10 nitrogen and oxygen atoms in total. The third-order valence-electron chi connectivity index (χ3n) is 5.22. The van der Waals surface area contributed by atoms with Gasteiger partial charge < -0.3 is 20.3 Å². The Morgan fingerprint density at radius 2 is 1.84 bits per heavy atom. The Kier molecular flexibility index (Phi) is 6.72. The number of methoxy groups -OCH3 is 1. The van der Waals surface area contributed by atoms with Gasteiger partial charge in [-0.05, 0) is 50.2 Å². The molecule has 1 heterocycles. The van der Waals surface area contributed by atoms with Crippen LogP contribution in [-0.2, 0) is 9.59 Å². The van der Waals surface area contributed by atoms with Gasteiger partial charge in [0.05, 0.1) is 24.0 Å². The number of nitro groups is 1. The number of amides is 3. The predicted molar refractivity (Wildman–Crippen MR) is 118 cm³/mol. The van der Waals surface area contributed by atoms with Gasteiger partial charge in [-0.15, -0.1) is 0 Å². The van der Waals surface area contributed by atoms with Gasteiger partial charge in [-0.25, -0.2) is 0 Å². The van der Waals surface area contributed by atoms with Crippen LogP contribution >= 0.6 is 0 Å². The number of carbonyl (C=O) groups excluding carboxylic acids is 3. The molecule has 0 aromatic heterocycles. The number of hydrogen-bond acceptors (Lipinski definition) is 6. The molecule has 2 aromatic carbocycles. The quantitative estimate of drug-likeness (QED) is 0.503. The van der Waals surface area contributed by atoms with E-state index >= 15 is 0 Å². The smallest absolute Gasteiger partial charge is 0.296 e. The van der Waals surface area contributed by atoms with Gasteiger partial charge in [-0.1, -0.05) is 0 Å². The summed E-state index contributed by atoms with van der Waals surface area (Å²) in [6.45, 7) is 4.19. The number of hydrogen-bond donors (Lipinski definition) is 2. The number of rotatable bonds is 7. The fraction of sp³-hybridized carbons (Fsp3) is 0.318. The van der Waals surface area contributed by atoms with Crippen molar-refractivity contribution in [1.29, 1.82) is 0 Å². The van der Waals surface area contributed by atoms with Crippen molar-refractivity contribution in [3.05, 3.63) is 58.1 Å². The van der Waals surface area contributed by atoms with Gasteiger partial charge in [0.15, 0.2) is 0 Å². The molecule has 3 rings (SSSR count). The molecule has 2 aromatic rings. The number of carbonyl (C=O) groups is 3. The molecule has 3 amide bonds. The molecule has 0 bridgehead atoms. The van der Waals surface area contributed by atoms with Crippen molar-refractivity contribution in [1.82, 2.24) is 4.90 Å². The van der Waals surface area contributed by atoms with E-state index in [2.05, 4.69) is 10.6 Å². The fourth-order valence-corrected chi connectivity index (χ4v) is 3.45. The number of nitrogens with one attached hydrogen (secondary N) is 2. The molecule has 1 atom stereocenters. The molecule has 2 N–H and O–H groups in total. The largest absolute Gasteiger partial charge is 0.496 e. The van der Waals surface area contributed by atoms with Crippen LogP contribution in [0.25, 0.3) is 0 Å². The first-order valence-electron chi connectivity index (χ1n) is 10.0. The maximum absolute atomic E-state index is 12.5. The molecule has 0 radical (unpaired) electrons. The van der Waals surface area contributed by atoms with Crippen molar-refractivity contribution in [2.24, 2.45) is 5.92 Å². The predicted octanol–water partition coefficient (Wildman–Crippen LogP) is 3.05. The monoisotopic (exact) mass is 440 g/mol. The van der Waals surface area contributed by atoms with Crippen LogP contribution in [0.1, 0.15) is 30.6 Å². The van der Waals surface area contributed by atoms with Gasteiger partial charge >= 0.3 is 0 Å². The highest BCUT2D eigenvalue weighted by Crippen LogP contribution is 2.29. The molecule has 1 fully saturated rings. The van der Waals surface area contributed by atoms with E-state index < -0.39 is 16.7 Å². The zero-order chi connectivity index (χ0) is 23.4. The number of ether oxygens (including phenoxy) is 1. The van der Waals surface area contributed by atoms with E-state index in [1.807, 2.05) is 13.8 Å². The van der Waals surface area contributed by atoms with Crippen LogP contribution in [0.5, 0.6) is 5.75 Å². The average Bonchev–Trinajstić information content (AvgIpc) is 3.16. The maximum atomic E-state index is 12.5. The third kappa shape index (κ3) is 5.02. The van der Waals surface area contributed by atoms with Crippen molar-refractivity contribution in [2.45, 2.75) is 26.3 Å². The average molecular weight is 440 g/mol. The standard InChI is InChI=1S/C22H24N4O6/c1-13(2)25-12-15(10-20(25)27)22(29)23-16-6-4-14(5-7-16)21(28)24-18-9-8-17(32-3)11-19(18)26(30)31/h4-9,11,13,15H,10,12H2,1-3H3,(H,23,29)(H,24,28). The first-order chi connectivity index (χ1) is 15.2. The Morgan fingerprint density at radius 1 is 1.16 bits per heavy atom. The lowest BCUT2D eigenvalue weighted by Crippen LogP contribution is -2.33. The van der Waals surface area contributed by atoms with Gasteiger partial charge in [-0.2, -0.15) is 0 Å². The summed E-state index contributed by atoms with van der Waals surface area (Å²) in [5, 5.41) is 16.6. The summed E-state index contributed by atoms with van der Waals surface area (Å²) in [5.74, 6) is -0.962. The van der Waals surface area contributed by atoms with E-state index in [1.165, 1.54) is 37.4 Å². The Hall–Kier alpha value is -3.95. The molecule has 0 spiro atoms. The summed E-state index contributed by atoms with van der Waals surface area (Å²) >= 11 is 0. The summed E-state index contributed by atoms with van der Waals surface area (Å²) in [6.07, 6.45) is 0.172. The van der Waals surface area contributed by atoms with Gasteiger partial charge in [-0.3, -0.25) is 24.5 Å². The molecular formula is C22H24N4O6. The molecule has 1 aliphatic rings. The number of nitro benzene ring substituents is 1. The van der Waals surface area contributed by atoms with Crippen LogP contribution in [0.15, 0.2) is 42.5 Å². The van der Waals surface area contributed by atoms with E-state index in [4.69, 9.17) is 4.74 Å². The van der Waals surface area contributed by atoms with Gasteiger partial charge in [0.25, 0.3) is 11.6 Å². The summed E-state index contributed by atoms with van der Waals surface area (Å²) in [4.78, 5) is 49.4. The normalized spacial score (nSPS) is 15.6. The van der Waals surface area contributed by atoms with E-state index in [1.54, 1.807) is 17.0 Å². The third-order valence-corrected chi connectivity index (χ3v) is 5.22. The van der Waals surface area contributed by atoms with Crippen LogP contribution in [0.2, 0.25) is 0 Å². The molecule has 32 heavy (non-hydrogen) atoms.